The Labute approximate surface area is 141 Å². The molecule has 0 spiro atoms. The molecule has 1 aromatic carbocycles. The summed E-state index contributed by atoms with van der Waals surface area (Å²) in [5, 5.41) is 3.53. The van der Waals surface area contributed by atoms with E-state index in [1.165, 1.54) is 37.3 Å². The van der Waals surface area contributed by atoms with Crippen LogP contribution in [0.5, 0.6) is 0 Å². The largest absolute Gasteiger partial charge is 0.369 e. The third-order valence-electron chi connectivity index (χ3n) is 5.09. The molecule has 1 N–H and O–H groups in total. The minimum absolute atomic E-state index is 0.605. The maximum atomic E-state index is 3.53. The van der Waals surface area contributed by atoms with Gasteiger partial charge in [-0.3, -0.25) is 9.80 Å². The van der Waals surface area contributed by atoms with Gasteiger partial charge >= 0.3 is 0 Å². The molecule has 1 atom stereocenters. The third kappa shape index (κ3) is 4.46. The van der Waals surface area contributed by atoms with Crippen molar-refractivity contribution in [3.8, 4) is 0 Å². The fourth-order valence-electron chi connectivity index (χ4n) is 3.88. The summed E-state index contributed by atoms with van der Waals surface area (Å²) in [6, 6.07) is 9.63. The van der Waals surface area contributed by atoms with Crippen molar-refractivity contribution in [3.63, 3.8) is 0 Å². The highest BCUT2D eigenvalue weighted by Gasteiger charge is 2.21. The number of hydrogen-bond donors (Lipinski definition) is 1. The fourth-order valence-corrected chi connectivity index (χ4v) is 3.88. The van der Waals surface area contributed by atoms with E-state index in [9.17, 15) is 0 Å². The number of anilines is 1. The van der Waals surface area contributed by atoms with E-state index in [1.807, 2.05) is 0 Å². The first-order chi connectivity index (χ1) is 11.3. The normalized spacial score (nSPS) is 24.1. The lowest BCUT2D eigenvalue weighted by Crippen LogP contribution is -2.49. The van der Waals surface area contributed by atoms with Crippen LogP contribution in [0.3, 0.4) is 0 Å². The molecule has 2 saturated heterocycles. The lowest BCUT2D eigenvalue weighted by atomic mass is 10.1. The van der Waals surface area contributed by atoms with Crippen molar-refractivity contribution < 1.29 is 0 Å². The quantitative estimate of drug-likeness (QED) is 0.897. The molecule has 4 heteroatoms. The minimum atomic E-state index is 0.605. The molecule has 3 rings (SSSR count). The van der Waals surface area contributed by atoms with Gasteiger partial charge in [0.25, 0.3) is 0 Å². The van der Waals surface area contributed by atoms with Gasteiger partial charge in [0.05, 0.1) is 0 Å². The molecule has 0 bridgehead atoms. The molecular weight excluding hydrogens is 284 g/mol. The van der Waals surface area contributed by atoms with Gasteiger partial charge in [0.2, 0.25) is 0 Å². The molecule has 128 valence electrons. The zero-order valence-corrected chi connectivity index (χ0v) is 14.8. The van der Waals surface area contributed by atoms with E-state index in [4.69, 9.17) is 0 Å². The lowest BCUT2D eigenvalue weighted by molar-refractivity contribution is 0.199. The van der Waals surface area contributed by atoms with Crippen LogP contribution in [0.1, 0.15) is 25.8 Å². The number of nitrogens with one attached hydrogen (secondary N) is 1. The van der Waals surface area contributed by atoms with Crippen molar-refractivity contribution in [3.05, 3.63) is 29.8 Å². The van der Waals surface area contributed by atoms with E-state index >= 15 is 0 Å². The maximum Gasteiger partial charge on any atom is 0.0412 e. The van der Waals surface area contributed by atoms with Crippen molar-refractivity contribution in [1.82, 2.24) is 15.1 Å². The number of piperazine rings is 2. The van der Waals surface area contributed by atoms with Crippen molar-refractivity contribution in [2.24, 2.45) is 0 Å². The summed E-state index contributed by atoms with van der Waals surface area (Å²) in [5.74, 6) is 0. The van der Waals surface area contributed by atoms with Crippen molar-refractivity contribution in [2.75, 3.05) is 57.3 Å². The van der Waals surface area contributed by atoms with Crippen LogP contribution in [-0.4, -0.2) is 68.2 Å². The summed E-state index contributed by atoms with van der Waals surface area (Å²) in [5.41, 5.74) is 2.94. The number of benzene rings is 1. The van der Waals surface area contributed by atoms with E-state index in [1.54, 1.807) is 0 Å². The zero-order valence-electron chi connectivity index (χ0n) is 14.8. The standard InChI is InChI=1S/C19H32N4/c1-3-9-21-11-13-23(14-12-21)19-7-5-4-6-18(19)16-22-10-8-20-17(2)15-22/h4-7,17,20H,3,8-16H2,1-2H3/t17-/m0/s1. The Morgan fingerprint density at radius 3 is 2.57 bits per heavy atom. The highest BCUT2D eigenvalue weighted by Crippen LogP contribution is 2.23. The predicted molar refractivity (Wildman–Crippen MR) is 98.1 cm³/mol. The molecule has 23 heavy (non-hydrogen) atoms. The summed E-state index contributed by atoms with van der Waals surface area (Å²) in [6.07, 6.45) is 1.26. The van der Waals surface area contributed by atoms with Gasteiger partial charge in [-0.1, -0.05) is 25.1 Å². The molecule has 0 amide bonds. The van der Waals surface area contributed by atoms with Crippen LogP contribution in [0.15, 0.2) is 24.3 Å². The highest BCUT2D eigenvalue weighted by molar-refractivity contribution is 5.54. The van der Waals surface area contributed by atoms with Crippen LogP contribution < -0.4 is 10.2 Å². The lowest BCUT2D eigenvalue weighted by Gasteiger charge is -2.38. The van der Waals surface area contributed by atoms with Crippen molar-refractivity contribution >= 4 is 5.69 Å². The van der Waals surface area contributed by atoms with E-state index in [-0.39, 0.29) is 0 Å². The molecule has 0 aliphatic carbocycles. The number of hydrogen-bond acceptors (Lipinski definition) is 4. The Morgan fingerprint density at radius 1 is 1.04 bits per heavy atom. The average molecular weight is 316 g/mol. The summed E-state index contributed by atoms with van der Waals surface area (Å²) in [6.45, 7) is 15.0. The molecule has 4 nitrogen and oxygen atoms in total. The molecule has 2 aliphatic heterocycles. The Bertz CT molecular complexity index is 482. The van der Waals surface area contributed by atoms with E-state index in [2.05, 4.69) is 58.1 Å². The van der Waals surface area contributed by atoms with Crippen LogP contribution >= 0.6 is 0 Å². The first kappa shape index (κ1) is 16.7. The van der Waals surface area contributed by atoms with Crippen LogP contribution in [0, 0.1) is 0 Å². The summed E-state index contributed by atoms with van der Waals surface area (Å²) < 4.78 is 0. The smallest absolute Gasteiger partial charge is 0.0412 e. The van der Waals surface area contributed by atoms with Crippen molar-refractivity contribution in [1.29, 1.82) is 0 Å². The third-order valence-corrected chi connectivity index (χ3v) is 5.09. The molecule has 2 heterocycles. The second-order valence-electron chi connectivity index (χ2n) is 7.05. The fraction of sp³-hybridized carbons (Fsp3) is 0.684. The zero-order chi connectivity index (χ0) is 16.1. The molecule has 2 fully saturated rings. The number of para-hydroxylation sites is 1. The average Bonchev–Trinajstić information content (AvgIpc) is 2.57. The Hall–Kier alpha value is -1.10. The van der Waals surface area contributed by atoms with Crippen LogP contribution in [-0.2, 0) is 6.54 Å². The monoisotopic (exact) mass is 316 g/mol. The molecule has 0 aromatic heterocycles. The van der Waals surface area contributed by atoms with Crippen LogP contribution in [0.4, 0.5) is 5.69 Å². The van der Waals surface area contributed by atoms with E-state index < -0.39 is 0 Å². The van der Waals surface area contributed by atoms with Gasteiger partial charge in [-0.2, -0.15) is 0 Å². The molecule has 1 aromatic rings. The first-order valence-electron chi connectivity index (χ1n) is 9.27. The Kier molecular flexibility index (Phi) is 5.92. The van der Waals surface area contributed by atoms with Gasteiger partial charge in [-0.15, -0.1) is 0 Å². The van der Waals surface area contributed by atoms with Gasteiger partial charge in [0.1, 0.15) is 0 Å². The maximum absolute atomic E-state index is 3.53. The van der Waals surface area contributed by atoms with Crippen LogP contribution in [0.25, 0.3) is 0 Å². The Morgan fingerprint density at radius 2 is 1.83 bits per heavy atom. The minimum Gasteiger partial charge on any atom is -0.369 e. The summed E-state index contributed by atoms with van der Waals surface area (Å²) in [4.78, 5) is 7.78. The summed E-state index contributed by atoms with van der Waals surface area (Å²) >= 11 is 0. The van der Waals surface area contributed by atoms with Gasteiger partial charge in [0.15, 0.2) is 0 Å². The molecule has 0 radical (unpaired) electrons. The summed E-state index contributed by atoms with van der Waals surface area (Å²) in [7, 11) is 0. The molecule has 0 saturated carbocycles. The Balaban J connectivity index is 1.64. The van der Waals surface area contributed by atoms with Gasteiger partial charge in [-0.25, -0.2) is 0 Å². The molecule has 2 aliphatic rings. The second-order valence-corrected chi connectivity index (χ2v) is 7.05. The SMILES string of the molecule is CCCN1CCN(c2ccccc2CN2CCN[C@@H](C)C2)CC1. The number of nitrogens with zero attached hydrogens (tertiary/aromatic N) is 3. The van der Waals surface area contributed by atoms with Crippen LogP contribution in [0.2, 0.25) is 0 Å². The van der Waals surface area contributed by atoms with Gasteiger partial charge < -0.3 is 10.2 Å². The van der Waals surface area contributed by atoms with Crippen molar-refractivity contribution in [2.45, 2.75) is 32.9 Å². The topological polar surface area (TPSA) is 21.8 Å². The van der Waals surface area contributed by atoms with Gasteiger partial charge in [-0.05, 0) is 31.5 Å². The first-order valence-corrected chi connectivity index (χ1v) is 9.27. The van der Waals surface area contributed by atoms with E-state index in [0.717, 1.165) is 39.3 Å². The van der Waals surface area contributed by atoms with E-state index in [0.29, 0.717) is 6.04 Å². The predicted octanol–water partition coefficient (Wildman–Crippen LogP) is 2.01. The number of rotatable bonds is 5. The van der Waals surface area contributed by atoms with Gasteiger partial charge in [0, 0.05) is 64.1 Å². The second kappa shape index (κ2) is 8.13. The molecule has 0 unspecified atom stereocenters. The highest BCUT2D eigenvalue weighted by atomic mass is 15.3. The molecular formula is C19H32N4.